The van der Waals surface area contributed by atoms with E-state index in [1.54, 1.807) is 4.94 Å². The van der Waals surface area contributed by atoms with Gasteiger partial charge in [-0.3, -0.25) is 28.1 Å². The Bertz CT molecular complexity index is 1800. The Morgan fingerprint density at radius 1 is 0.512 bits per heavy atom. The molecule has 0 aromatic rings. The summed E-state index contributed by atoms with van der Waals surface area (Å²) in [6.07, 6.45) is -22.7. The lowest BCUT2D eigenvalue weighted by Crippen LogP contribution is -2.61. The Morgan fingerprint density at radius 2 is 0.940 bits per heavy atom. The van der Waals surface area contributed by atoms with Crippen molar-refractivity contribution in [2.45, 2.75) is 144 Å². The van der Waals surface area contributed by atoms with E-state index in [-0.39, 0.29) is 45.3 Å². The van der Waals surface area contributed by atoms with E-state index < -0.39 is 131 Å². The molecule has 0 N–H and O–H groups in total. The van der Waals surface area contributed by atoms with Crippen molar-refractivity contribution in [3.63, 3.8) is 0 Å². The van der Waals surface area contributed by atoms with Gasteiger partial charge in [0.2, 0.25) is 0 Å². The minimum Gasteiger partial charge on any atom is -0.464 e. The molecule has 3 aliphatic carbocycles. The lowest BCUT2D eigenvalue weighted by atomic mass is 9.83. The van der Waals surface area contributed by atoms with Gasteiger partial charge < -0.3 is 28.4 Å². The van der Waals surface area contributed by atoms with E-state index >= 15 is 0 Å². The van der Waals surface area contributed by atoms with Crippen molar-refractivity contribution >= 4 is 36.6 Å². The van der Waals surface area contributed by atoms with Crippen molar-refractivity contribution in [3.8, 4) is 0 Å². The summed E-state index contributed by atoms with van der Waals surface area (Å²) in [5.41, 5.74) is 0. The van der Waals surface area contributed by atoms with Crippen molar-refractivity contribution in [1.82, 2.24) is 0 Å². The highest BCUT2D eigenvalue weighted by Gasteiger charge is 2.78. The van der Waals surface area contributed by atoms with Crippen molar-refractivity contribution in [1.29, 1.82) is 0 Å². The van der Waals surface area contributed by atoms with E-state index in [1.165, 1.54) is 0 Å². The molecule has 0 aromatic heterocycles. The first-order valence-corrected chi connectivity index (χ1v) is 21.5. The summed E-state index contributed by atoms with van der Waals surface area (Å²) in [5.74, 6) is -24.5. The van der Waals surface area contributed by atoms with E-state index in [9.17, 15) is 138 Å². The number of carbonyl (C=O) groups is 6. The minimum atomic E-state index is -6.82. The lowest BCUT2D eigenvalue weighted by Gasteiger charge is -2.32. The third-order valence-electron chi connectivity index (χ3n) is 9.58. The molecule has 0 aliphatic heterocycles. The average Bonchev–Trinajstić information content (AvgIpc) is 3.35. The monoisotopic (exact) mass is 1330 g/mol. The average molecular weight is 1330 g/mol. The molecule has 0 heterocycles. The van der Waals surface area contributed by atoms with Crippen LogP contribution < -0.4 is 0 Å². The fourth-order valence-corrected chi connectivity index (χ4v) is 5.97. The zero-order valence-corrected chi connectivity index (χ0v) is 41.4. The summed E-state index contributed by atoms with van der Waals surface area (Å²) >= 11 is 0. The Morgan fingerprint density at radius 3 is 1.30 bits per heavy atom. The van der Waals surface area contributed by atoms with Gasteiger partial charge >= 0.3 is 91.6 Å². The number of esters is 1. The van der Waals surface area contributed by atoms with Crippen LogP contribution in [0.1, 0.15) is 77.0 Å². The summed E-state index contributed by atoms with van der Waals surface area (Å²) in [5, 5.41) is 0. The van der Waals surface area contributed by atoms with E-state index in [1.807, 2.05) is 4.94 Å². The second-order valence-corrected chi connectivity index (χ2v) is 15.3. The van der Waals surface area contributed by atoms with Crippen LogP contribution in [-0.2, 0) is 57.5 Å². The molecule has 0 amide bonds. The number of alkyl halides is 17. The first-order valence-electron chi connectivity index (χ1n) is 21.5. The van der Waals surface area contributed by atoms with Crippen LogP contribution in [-0.4, -0.2) is 144 Å². The predicted molar refractivity (Wildman–Crippen MR) is 213 cm³/mol. The van der Waals surface area contributed by atoms with Gasteiger partial charge in [-0.25, -0.2) is 41.7 Å². The number of hydrogen-bond donors (Lipinski definition) is 0. The van der Waals surface area contributed by atoms with Crippen molar-refractivity contribution in [2.75, 3.05) is 40.1 Å². The Hall–Kier alpha value is -5.21. The normalized spacial score (nSPS) is 19.7. The fourth-order valence-electron chi connectivity index (χ4n) is 5.97. The number of rotatable bonds is 20. The minimum absolute atomic E-state index is 0. The zero-order valence-electron chi connectivity index (χ0n) is 41.4. The molecule has 3 aliphatic rings. The molecular weight excluding hydrogens is 1280 g/mol. The summed E-state index contributed by atoms with van der Waals surface area (Å²) < 4.78 is 347. The van der Waals surface area contributed by atoms with Gasteiger partial charge in [0.15, 0.2) is 13.7 Å². The topological polar surface area (TPSA) is 176 Å². The van der Waals surface area contributed by atoms with E-state index in [4.69, 9.17) is 33.3 Å². The maximum absolute atomic E-state index is 12.6. The molecule has 14 nitrogen and oxygen atoms in total. The second-order valence-electron chi connectivity index (χ2n) is 15.3. The van der Waals surface area contributed by atoms with Gasteiger partial charge in [-0.2, -0.15) is 74.6 Å². The second kappa shape index (κ2) is 47.0. The van der Waals surface area contributed by atoms with Crippen LogP contribution in [0.2, 0.25) is 0 Å². The highest BCUT2D eigenvalue weighted by atomic mass is 19.4. The number of hydrogen-bond acceptors (Lipinski definition) is 14. The van der Waals surface area contributed by atoms with E-state index in [0.29, 0.717) is 44.6 Å². The molecule has 5 atom stereocenters. The van der Waals surface area contributed by atoms with Crippen molar-refractivity contribution in [2.24, 2.45) is 11.8 Å². The van der Waals surface area contributed by atoms with Crippen LogP contribution in [0.5, 0.6) is 0 Å². The predicted octanol–water partition coefficient (Wildman–Crippen LogP) is 14.3. The Balaban J connectivity index is -0.000000173. The summed E-state index contributed by atoms with van der Waals surface area (Å²) in [6.45, 7) is -2.61. The van der Waals surface area contributed by atoms with Gasteiger partial charge in [-0.1, -0.05) is 12.8 Å². The Labute approximate surface area is 449 Å². The van der Waals surface area contributed by atoms with Crippen LogP contribution in [0.15, 0.2) is 12.1 Å². The molecular formula is C39H47F31O14. The molecule has 0 spiro atoms. The quantitative estimate of drug-likeness (QED) is 0.0370. The van der Waals surface area contributed by atoms with Gasteiger partial charge in [0.05, 0.1) is 31.6 Å². The molecule has 504 valence electrons. The summed E-state index contributed by atoms with van der Waals surface area (Å²) in [4.78, 5) is 59.2. The van der Waals surface area contributed by atoms with Crippen LogP contribution in [0.3, 0.4) is 0 Å². The molecule has 3 rings (SSSR count). The molecule has 5 unspecified atom stereocenters. The smallest absolute Gasteiger partial charge is 0.464 e. The molecule has 84 heavy (non-hydrogen) atoms. The number of ether oxygens (including phenoxy) is 6. The summed E-state index contributed by atoms with van der Waals surface area (Å²) in [6, 6.07) is -4.92. The van der Waals surface area contributed by atoms with Crippen molar-refractivity contribution in [3.05, 3.63) is 12.1 Å². The highest BCUT2D eigenvalue weighted by molar-refractivity contribution is 5.75. The van der Waals surface area contributed by atoms with Gasteiger partial charge in [0, 0.05) is 10.9 Å². The molecule has 0 radical (unpaired) electrons. The zero-order chi connectivity index (χ0) is 64.1. The van der Waals surface area contributed by atoms with Gasteiger partial charge in [0.25, 0.3) is 0 Å². The van der Waals surface area contributed by atoms with Crippen molar-refractivity contribution < 1.29 is 204 Å². The lowest BCUT2D eigenvalue weighted by molar-refractivity contribution is -0.397. The van der Waals surface area contributed by atoms with Gasteiger partial charge in [-0.05, 0) is 74.1 Å². The highest BCUT2D eigenvalue weighted by Crippen LogP contribution is 2.50. The Kier molecular flexibility index (Phi) is 51.8. The fraction of sp³-hybridized carbons (Fsp3) is 0.795. The number of halogens is 31. The van der Waals surface area contributed by atoms with E-state index in [0.717, 1.165) is 38.5 Å². The molecule has 3 saturated carbocycles. The molecule has 0 aromatic carbocycles. The largest absolute Gasteiger partial charge is 0.494 e. The summed E-state index contributed by atoms with van der Waals surface area (Å²) in [7, 11) is 0. The van der Waals surface area contributed by atoms with Crippen LogP contribution in [0.25, 0.3) is 0 Å². The molecule has 45 heteroatoms. The van der Waals surface area contributed by atoms with Gasteiger partial charge in [-0.15, -0.1) is 22.5 Å². The third kappa shape index (κ3) is 42.6. The maximum Gasteiger partial charge on any atom is 0.494 e. The first-order chi connectivity index (χ1) is 37.0. The molecule has 0 saturated heterocycles. The standard InChI is InChI=1S/C11H12F6O4.C10H16F2O2.C9H14F2O3.C5H2F10O.C2F4O2.2CF2O.3FH/c12-8(13)9(14)21-7-3-1-2-6(4-7)19-5-20-10(18)11(15,16)17;11-5-8-1-3-9(4-2-8)6-14-7-10(12)13;10-6-14-8-4-2-1-3-7(8)13-5-9(11)12;6-1(7)3(9,10)5(13,14)4(11,12)2(8)16-15;3-2(4,5)1(7)8-6;2*2-1(3)4;;;/h6-7H,1-5H2;8-9H,1-7H2;7-8H,1-6H2;1-2H;;;;3*1H. The third-order valence-corrected chi connectivity index (χ3v) is 9.58. The molecule has 3 fully saturated rings. The molecule has 0 bridgehead atoms. The SMILES string of the molecule is F.F.F.FOC(F)C(F)(F)C(F)(F)C(F)(F)C(F)F.O=C(F)COC1CCCCC1OCF.O=C(F)COCC1CCC(CF)CC1.O=C(F)F.O=C(F)F.O=C(OCOC1CCCC(OC(F)=C(F)F)C1)C(F)(F)F.O=C(OF)C(F)(F)F. The maximum atomic E-state index is 12.6. The van der Waals surface area contributed by atoms with E-state index in [2.05, 4.69) is 9.47 Å². The van der Waals surface area contributed by atoms with Crippen LogP contribution >= 0.6 is 0 Å². The van der Waals surface area contributed by atoms with Crippen LogP contribution in [0.4, 0.5) is 147 Å². The number of carbonyl (C=O) groups excluding carboxylic acids is 6. The first kappa shape index (κ1) is 92.5. The van der Waals surface area contributed by atoms with Gasteiger partial charge in [0.1, 0.15) is 19.3 Å². The van der Waals surface area contributed by atoms with Crippen LogP contribution in [0, 0.1) is 11.8 Å².